The van der Waals surface area contributed by atoms with Crippen LogP contribution in [0.5, 0.6) is 0 Å². The van der Waals surface area contributed by atoms with E-state index in [4.69, 9.17) is 4.98 Å². The zero-order valence-corrected chi connectivity index (χ0v) is 13.4. The molecule has 4 heteroatoms. The fraction of sp³-hybridized carbons (Fsp3) is 0.500. The van der Waals surface area contributed by atoms with Crippen LogP contribution in [0.1, 0.15) is 67.9 Å². The van der Waals surface area contributed by atoms with Crippen molar-refractivity contribution in [2.75, 3.05) is 5.32 Å². The number of hydrogen-bond donors (Lipinski definition) is 1. The van der Waals surface area contributed by atoms with Crippen LogP contribution in [0.3, 0.4) is 0 Å². The molecule has 0 unspecified atom stereocenters. The standard InChI is InChI=1S/C18H24N4/c1-3-15(17-13(2)7-6-11-19-17)21-18-20-12-10-16(22-18)14-8-4-5-9-14/h6-7,10-12,14-15H,3-5,8-9H2,1-2H3,(H,20,21,22)/t15-/m0/s1. The molecule has 2 aromatic heterocycles. The van der Waals surface area contributed by atoms with Gasteiger partial charge in [0.05, 0.1) is 11.7 Å². The largest absolute Gasteiger partial charge is 0.346 e. The molecule has 0 saturated heterocycles. The lowest BCUT2D eigenvalue weighted by Gasteiger charge is -2.19. The minimum Gasteiger partial charge on any atom is -0.346 e. The molecule has 0 spiro atoms. The van der Waals surface area contributed by atoms with E-state index in [-0.39, 0.29) is 6.04 Å². The van der Waals surface area contributed by atoms with E-state index in [1.165, 1.54) is 36.9 Å². The number of rotatable bonds is 5. The Kier molecular flexibility index (Phi) is 4.66. The van der Waals surface area contributed by atoms with E-state index >= 15 is 0 Å². The molecule has 0 aliphatic heterocycles. The molecular weight excluding hydrogens is 272 g/mol. The Morgan fingerprint density at radius 1 is 1.18 bits per heavy atom. The summed E-state index contributed by atoms with van der Waals surface area (Å²) in [5.74, 6) is 1.33. The minimum absolute atomic E-state index is 0.153. The summed E-state index contributed by atoms with van der Waals surface area (Å²) in [4.78, 5) is 13.7. The van der Waals surface area contributed by atoms with Gasteiger partial charge < -0.3 is 5.32 Å². The van der Waals surface area contributed by atoms with E-state index in [9.17, 15) is 0 Å². The van der Waals surface area contributed by atoms with Crippen LogP contribution >= 0.6 is 0 Å². The van der Waals surface area contributed by atoms with Crippen LogP contribution in [0.4, 0.5) is 5.95 Å². The summed E-state index contributed by atoms with van der Waals surface area (Å²) in [5.41, 5.74) is 3.47. The van der Waals surface area contributed by atoms with Crippen LogP contribution in [0.2, 0.25) is 0 Å². The average molecular weight is 296 g/mol. The van der Waals surface area contributed by atoms with E-state index in [2.05, 4.69) is 41.3 Å². The quantitative estimate of drug-likeness (QED) is 0.888. The summed E-state index contributed by atoms with van der Waals surface area (Å²) >= 11 is 0. The molecule has 1 aliphatic carbocycles. The molecule has 1 aliphatic rings. The molecule has 2 aromatic rings. The zero-order valence-electron chi connectivity index (χ0n) is 13.4. The molecule has 0 amide bonds. The Morgan fingerprint density at radius 3 is 2.73 bits per heavy atom. The molecule has 1 N–H and O–H groups in total. The Morgan fingerprint density at radius 2 is 2.00 bits per heavy atom. The van der Waals surface area contributed by atoms with E-state index in [0.717, 1.165) is 18.1 Å². The van der Waals surface area contributed by atoms with Crippen molar-refractivity contribution >= 4 is 5.95 Å². The normalized spacial score (nSPS) is 16.6. The van der Waals surface area contributed by atoms with Crippen LogP contribution in [0.25, 0.3) is 0 Å². The van der Waals surface area contributed by atoms with Crippen molar-refractivity contribution < 1.29 is 0 Å². The first kappa shape index (κ1) is 14.9. The van der Waals surface area contributed by atoms with E-state index in [1.807, 2.05) is 18.5 Å². The number of anilines is 1. The fourth-order valence-corrected chi connectivity index (χ4v) is 3.27. The van der Waals surface area contributed by atoms with Crippen molar-refractivity contribution in [2.24, 2.45) is 0 Å². The summed E-state index contributed by atoms with van der Waals surface area (Å²) in [6, 6.07) is 6.29. The van der Waals surface area contributed by atoms with E-state index in [0.29, 0.717) is 5.92 Å². The molecule has 1 atom stereocenters. The molecule has 0 radical (unpaired) electrons. The lowest BCUT2D eigenvalue weighted by Crippen LogP contribution is -2.15. The highest BCUT2D eigenvalue weighted by molar-refractivity contribution is 5.33. The van der Waals surface area contributed by atoms with Crippen molar-refractivity contribution in [1.82, 2.24) is 15.0 Å². The molecule has 3 rings (SSSR count). The Bertz CT molecular complexity index is 620. The number of hydrogen-bond acceptors (Lipinski definition) is 4. The van der Waals surface area contributed by atoms with Crippen LogP contribution in [-0.2, 0) is 0 Å². The van der Waals surface area contributed by atoms with Crippen molar-refractivity contribution in [3.8, 4) is 0 Å². The molecule has 116 valence electrons. The van der Waals surface area contributed by atoms with Crippen LogP contribution in [-0.4, -0.2) is 15.0 Å². The molecule has 1 fully saturated rings. The number of aromatic nitrogens is 3. The summed E-state index contributed by atoms with van der Waals surface area (Å²) < 4.78 is 0. The third kappa shape index (κ3) is 3.26. The molecule has 2 heterocycles. The third-order valence-electron chi connectivity index (χ3n) is 4.54. The summed E-state index contributed by atoms with van der Waals surface area (Å²) in [7, 11) is 0. The molecule has 4 nitrogen and oxygen atoms in total. The predicted molar refractivity (Wildman–Crippen MR) is 88.9 cm³/mol. The molecule has 1 saturated carbocycles. The molecule has 0 bridgehead atoms. The van der Waals surface area contributed by atoms with Crippen LogP contribution < -0.4 is 5.32 Å². The summed E-state index contributed by atoms with van der Waals surface area (Å²) in [5, 5.41) is 3.46. The second kappa shape index (κ2) is 6.86. The first-order valence-electron chi connectivity index (χ1n) is 8.29. The summed E-state index contributed by atoms with van der Waals surface area (Å²) in [6.07, 6.45) is 9.84. The van der Waals surface area contributed by atoms with Gasteiger partial charge in [0, 0.05) is 24.0 Å². The molecule has 22 heavy (non-hydrogen) atoms. The maximum atomic E-state index is 4.75. The Balaban J connectivity index is 1.79. The van der Waals surface area contributed by atoms with Crippen molar-refractivity contribution in [3.05, 3.63) is 47.5 Å². The van der Waals surface area contributed by atoms with Crippen molar-refractivity contribution in [3.63, 3.8) is 0 Å². The first-order valence-corrected chi connectivity index (χ1v) is 8.29. The van der Waals surface area contributed by atoms with Gasteiger partial charge in [0.15, 0.2) is 0 Å². The summed E-state index contributed by atoms with van der Waals surface area (Å²) in [6.45, 7) is 4.26. The van der Waals surface area contributed by atoms with Crippen LogP contribution in [0, 0.1) is 6.92 Å². The zero-order chi connectivity index (χ0) is 15.4. The van der Waals surface area contributed by atoms with E-state index in [1.54, 1.807) is 0 Å². The van der Waals surface area contributed by atoms with Gasteiger partial charge >= 0.3 is 0 Å². The third-order valence-corrected chi connectivity index (χ3v) is 4.54. The van der Waals surface area contributed by atoms with E-state index < -0.39 is 0 Å². The highest BCUT2D eigenvalue weighted by atomic mass is 15.1. The van der Waals surface area contributed by atoms with Crippen LogP contribution in [0.15, 0.2) is 30.6 Å². The fourth-order valence-electron chi connectivity index (χ4n) is 3.27. The van der Waals surface area contributed by atoms with Gasteiger partial charge in [-0.15, -0.1) is 0 Å². The number of aryl methyl sites for hydroxylation is 1. The topological polar surface area (TPSA) is 50.7 Å². The highest BCUT2D eigenvalue weighted by Crippen LogP contribution is 2.33. The highest BCUT2D eigenvalue weighted by Gasteiger charge is 2.20. The number of nitrogens with zero attached hydrogens (tertiary/aromatic N) is 3. The Labute approximate surface area is 132 Å². The lowest BCUT2D eigenvalue weighted by molar-refractivity contribution is 0.680. The monoisotopic (exact) mass is 296 g/mol. The lowest BCUT2D eigenvalue weighted by atomic mass is 10.0. The van der Waals surface area contributed by atoms with Gasteiger partial charge in [0.25, 0.3) is 0 Å². The average Bonchev–Trinajstić information content (AvgIpc) is 3.08. The van der Waals surface area contributed by atoms with Gasteiger partial charge in [0.2, 0.25) is 5.95 Å². The van der Waals surface area contributed by atoms with Gasteiger partial charge in [0.1, 0.15) is 0 Å². The van der Waals surface area contributed by atoms with Gasteiger partial charge in [-0.25, -0.2) is 9.97 Å². The molecule has 0 aromatic carbocycles. The SMILES string of the molecule is CC[C@H](Nc1nccc(C2CCCC2)n1)c1ncccc1C. The maximum Gasteiger partial charge on any atom is 0.223 e. The second-order valence-electron chi connectivity index (χ2n) is 6.10. The van der Waals surface area contributed by atoms with Gasteiger partial charge in [-0.2, -0.15) is 0 Å². The Hall–Kier alpha value is -1.97. The van der Waals surface area contributed by atoms with Gasteiger partial charge in [-0.3, -0.25) is 4.98 Å². The second-order valence-corrected chi connectivity index (χ2v) is 6.10. The predicted octanol–water partition coefficient (Wildman–Crippen LogP) is 4.40. The van der Waals surface area contributed by atoms with Gasteiger partial charge in [-0.1, -0.05) is 25.8 Å². The smallest absolute Gasteiger partial charge is 0.223 e. The van der Waals surface area contributed by atoms with Crippen molar-refractivity contribution in [1.29, 1.82) is 0 Å². The minimum atomic E-state index is 0.153. The maximum absolute atomic E-state index is 4.75. The number of pyridine rings is 1. The molecular formula is C18H24N4. The number of nitrogens with one attached hydrogen (secondary N) is 1. The first-order chi connectivity index (χ1) is 10.8. The van der Waals surface area contributed by atoms with Crippen molar-refractivity contribution in [2.45, 2.75) is 57.9 Å². The van der Waals surface area contributed by atoms with Gasteiger partial charge in [-0.05, 0) is 43.9 Å².